The summed E-state index contributed by atoms with van der Waals surface area (Å²) < 4.78 is 0. The van der Waals surface area contributed by atoms with Crippen LogP contribution in [0.2, 0.25) is 0 Å². The molecule has 0 heterocycles. The van der Waals surface area contributed by atoms with Crippen molar-refractivity contribution in [2.45, 2.75) is 37.1 Å². The van der Waals surface area contributed by atoms with Gasteiger partial charge in [-0.05, 0) is 25.6 Å². The second kappa shape index (κ2) is 7.77. The van der Waals surface area contributed by atoms with Crippen molar-refractivity contribution in [3.63, 3.8) is 0 Å². The lowest BCUT2D eigenvalue weighted by Gasteiger charge is -2.56. The predicted octanol–water partition coefficient (Wildman–Crippen LogP) is -2.14. The van der Waals surface area contributed by atoms with Crippen LogP contribution in [0, 0.1) is 23.7 Å². The lowest BCUT2D eigenvalue weighted by molar-refractivity contribution is -0.196. The van der Waals surface area contributed by atoms with Crippen molar-refractivity contribution in [3.05, 3.63) is 28.8 Å². The van der Waals surface area contributed by atoms with Gasteiger partial charge in [0.2, 0.25) is 5.91 Å². The zero-order valence-corrected chi connectivity index (χ0v) is 18.9. The van der Waals surface area contributed by atoms with Gasteiger partial charge < -0.3 is 26.8 Å². The average Bonchev–Trinajstić information content (AvgIpc) is 2.75. The zero-order chi connectivity index (χ0) is 25.4. The molecule has 1 amide bonds. The molecule has 8 atom stereocenters. The Kier molecular flexibility index (Phi) is 5.52. The smallest absolute Gasteiger partial charge is 0.235 e. The summed E-state index contributed by atoms with van der Waals surface area (Å²) in [5.41, 5.74) is 8.38. The first-order valence-electron chi connectivity index (χ1n) is 10.9. The van der Waals surface area contributed by atoms with Crippen LogP contribution >= 0.6 is 0 Å². The van der Waals surface area contributed by atoms with E-state index in [0.29, 0.717) is 5.56 Å². The summed E-state index contributed by atoms with van der Waals surface area (Å²) in [6.45, 7) is 1.57. The summed E-state index contributed by atoms with van der Waals surface area (Å²) in [5, 5.41) is 33.6. The Hall–Kier alpha value is -2.99. The molecular formula is C23H27N3O8. The van der Waals surface area contributed by atoms with Gasteiger partial charge in [0, 0.05) is 18.0 Å². The molecule has 0 spiro atoms. The standard InChI is InChI=1S/C23H27N3O8/c1-7-9-5-4-8(6-24)16(27)11(9)17(28)12-10(7)18(29)14-15(26(2)3)19(30)13(22(25)33)21(32)23(14,34)20(12)31/h4-5,7,10,12-15,18,27,29,34H,6,24H2,1-3H3,(H2,25,33)/t7-,10+,12?,13?,14+,15-,18-,23-/m0/s1. The number of hydrogen-bond donors (Lipinski definition) is 5. The van der Waals surface area contributed by atoms with Gasteiger partial charge in [-0.3, -0.25) is 28.9 Å². The van der Waals surface area contributed by atoms with Crippen LogP contribution in [0.15, 0.2) is 12.1 Å². The minimum atomic E-state index is -3.00. The number of phenolic OH excluding ortho intramolecular Hbond substituents is 1. The Bertz CT molecular complexity index is 1150. The number of nitrogens with two attached hydrogens (primary N) is 2. The van der Waals surface area contributed by atoms with Crippen molar-refractivity contribution < 1.29 is 39.3 Å². The molecular weight excluding hydrogens is 446 g/mol. The van der Waals surface area contributed by atoms with E-state index in [9.17, 15) is 39.3 Å². The van der Waals surface area contributed by atoms with Crippen molar-refractivity contribution in [2.75, 3.05) is 14.1 Å². The highest BCUT2D eigenvalue weighted by Gasteiger charge is 2.72. The number of primary amides is 1. The van der Waals surface area contributed by atoms with Crippen LogP contribution in [-0.4, -0.2) is 81.1 Å². The van der Waals surface area contributed by atoms with Gasteiger partial charge in [-0.25, -0.2) is 0 Å². The van der Waals surface area contributed by atoms with E-state index >= 15 is 0 Å². The molecule has 3 aliphatic carbocycles. The maximum absolute atomic E-state index is 13.8. The molecule has 4 rings (SSSR count). The molecule has 0 bridgehead atoms. The van der Waals surface area contributed by atoms with Crippen molar-refractivity contribution in [3.8, 4) is 5.75 Å². The minimum absolute atomic E-state index is 0.0805. The van der Waals surface area contributed by atoms with E-state index in [0.717, 1.165) is 0 Å². The summed E-state index contributed by atoms with van der Waals surface area (Å²) in [4.78, 5) is 66.9. The molecule has 11 heteroatoms. The Balaban J connectivity index is 1.96. The Morgan fingerprint density at radius 2 is 1.76 bits per heavy atom. The summed E-state index contributed by atoms with van der Waals surface area (Å²) in [7, 11) is 2.88. The number of nitrogens with zero attached hydrogens (tertiary/aromatic N) is 1. The number of fused-ring (bicyclic) bond motifs is 3. The molecule has 1 aromatic rings. The second-order valence-corrected chi connectivity index (χ2v) is 9.61. The van der Waals surface area contributed by atoms with E-state index in [1.807, 2.05) is 0 Å². The van der Waals surface area contributed by atoms with E-state index < -0.39 is 82.1 Å². The second-order valence-electron chi connectivity index (χ2n) is 9.61. The maximum Gasteiger partial charge on any atom is 0.235 e. The van der Waals surface area contributed by atoms with Crippen LogP contribution in [0.25, 0.3) is 0 Å². The third kappa shape index (κ3) is 2.81. The van der Waals surface area contributed by atoms with Gasteiger partial charge in [0.1, 0.15) is 5.75 Å². The summed E-state index contributed by atoms with van der Waals surface area (Å²) in [5.74, 6) is -13.4. The highest BCUT2D eigenvalue weighted by Crippen LogP contribution is 2.54. The van der Waals surface area contributed by atoms with Gasteiger partial charge >= 0.3 is 0 Å². The Morgan fingerprint density at radius 1 is 1.15 bits per heavy atom. The number of aliphatic hydroxyl groups is 2. The van der Waals surface area contributed by atoms with Gasteiger partial charge in [-0.15, -0.1) is 0 Å². The number of carbonyl (C=O) groups excluding carboxylic acids is 5. The fraction of sp³-hybridized carbons (Fsp3) is 0.522. The molecule has 0 saturated heterocycles. The van der Waals surface area contributed by atoms with Gasteiger partial charge in [-0.2, -0.15) is 0 Å². The number of benzene rings is 1. The number of Topliss-reactive ketones (excluding diaryl/α,β-unsaturated/α-hetero) is 4. The molecule has 0 aromatic heterocycles. The molecule has 2 unspecified atom stereocenters. The third-order valence-corrected chi connectivity index (χ3v) is 7.79. The van der Waals surface area contributed by atoms with Crippen LogP contribution in [0.5, 0.6) is 5.75 Å². The zero-order valence-electron chi connectivity index (χ0n) is 18.9. The quantitative estimate of drug-likeness (QED) is 0.301. The van der Waals surface area contributed by atoms with Gasteiger partial charge in [0.05, 0.1) is 29.5 Å². The fourth-order valence-electron chi connectivity index (χ4n) is 6.20. The molecule has 3 aliphatic rings. The molecule has 182 valence electrons. The molecule has 2 fully saturated rings. The molecule has 11 nitrogen and oxygen atoms in total. The van der Waals surface area contributed by atoms with Crippen LogP contribution in [0.3, 0.4) is 0 Å². The third-order valence-electron chi connectivity index (χ3n) is 7.79. The van der Waals surface area contributed by atoms with Crippen LogP contribution < -0.4 is 11.5 Å². The molecule has 34 heavy (non-hydrogen) atoms. The topological polar surface area (TPSA) is 201 Å². The number of amides is 1. The van der Waals surface area contributed by atoms with E-state index in [-0.39, 0.29) is 17.7 Å². The highest BCUT2D eigenvalue weighted by atomic mass is 16.3. The minimum Gasteiger partial charge on any atom is -0.507 e. The Labute approximate surface area is 194 Å². The van der Waals surface area contributed by atoms with Gasteiger partial charge in [0.15, 0.2) is 34.7 Å². The van der Waals surface area contributed by atoms with E-state index in [2.05, 4.69) is 0 Å². The average molecular weight is 473 g/mol. The predicted molar refractivity (Wildman–Crippen MR) is 115 cm³/mol. The highest BCUT2D eigenvalue weighted by molar-refractivity contribution is 6.32. The monoisotopic (exact) mass is 473 g/mol. The largest absolute Gasteiger partial charge is 0.507 e. The lowest BCUT2D eigenvalue weighted by Crippen LogP contribution is -2.77. The molecule has 2 saturated carbocycles. The lowest BCUT2D eigenvalue weighted by atomic mass is 9.49. The molecule has 1 aromatic carbocycles. The number of likely N-dealkylation sites (N-methyl/N-ethyl adjacent to an activating group) is 1. The SMILES string of the molecule is C[C@H]1c2ccc(CN)c(O)c2C(=O)C2C(=O)[C@]3(O)C(=O)C(C(N)=O)C(=O)[C@@H](N(C)C)[C@@H]3[C@@H](O)[C@@H]21. The van der Waals surface area contributed by atoms with Crippen LogP contribution in [-0.2, 0) is 25.7 Å². The first-order chi connectivity index (χ1) is 15.8. The summed E-state index contributed by atoms with van der Waals surface area (Å²) in [6.07, 6.45) is -1.65. The van der Waals surface area contributed by atoms with Crippen molar-refractivity contribution in [2.24, 2.45) is 35.1 Å². The number of ketones is 4. The van der Waals surface area contributed by atoms with Gasteiger partial charge in [-0.1, -0.05) is 19.1 Å². The maximum atomic E-state index is 13.8. The summed E-state index contributed by atoms with van der Waals surface area (Å²) in [6, 6.07) is 1.73. The van der Waals surface area contributed by atoms with E-state index in [4.69, 9.17) is 11.5 Å². The normalized spacial score (nSPS) is 37.3. The van der Waals surface area contributed by atoms with Crippen LogP contribution in [0.1, 0.15) is 34.3 Å². The number of hydrogen-bond acceptors (Lipinski definition) is 10. The van der Waals surface area contributed by atoms with E-state index in [1.165, 1.54) is 19.0 Å². The molecule has 0 aliphatic heterocycles. The summed E-state index contributed by atoms with van der Waals surface area (Å²) >= 11 is 0. The van der Waals surface area contributed by atoms with Crippen molar-refractivity contribution in [1.29, 1.82) is 0 Å². The Morgan fingerprint density at radius 3 is 2.29 bits per heavy atom. The van der Waals surface area contributed by atoms with Gasteiger partial charge in [0.25, 0.3) is 0 Å². The fourth-order valence-corrected chi connectivity index (χ4v) is 6.20. The van der Waals surface area contributed by atoms with E-state index in [1.54, 1.807) is 19.1 Å². The number of aromatic hydroxyl groups is 1. The van der Waals surface area contributed by atoms with Crippen molar-refractivity contribution in [1.82, 2.24) is 4.90 Å². The number of rotatable bonds is 3. The molecule has 0 radical (unpaired) electrons. The first-order valence-corrected chi connectivity index (χ1v) is 10.9. The molecule has 7 N–H and O–H groups in total. The first kappa shape index (κ1) is 24.1. The van der Waals surface area contributed by atoms with Crippen molar-refractivity contribution >= 4 is 29.0 Å². The number of carbonyl (C=O) groups is 5. The number of phenols is 1. The van der Waals surface area contributed by atoms with Crippen LogP contribution in [0.4, 0.5) is 0 Å². The number of aliphatic hydroxyl groups excluding tert-OH is 1.